The zero-order chi connectivity index (χ0) is 14.0. The highest BCUT2D eigenvalue weighted by molar-refractivity contribution is 7.99. The summed E-state index contributed by atoms with van der Waals surface area (Å²) in [5.74, 6) is -0.931. The molecule has 0 aliphatic heterocycles. The van der Waals surface area contributed by atoms with Gasteiger partial charge < -0.3 is 0 Å². The highest BCUT2D eigenvalue weighted by Crippen LogP contribution is 2.30. The Morgan fingerprint density at radius 2 is 2.26 bits per heavy atom. The van der Waals surface area contributed by atoms with E-state index < -0.39 is 5.82 Å². The molecule has 1 N–H and O–H groups in total. The molecule has 2 rings (SSSR count). The molecule has 0 amide bonds. The van der Waals surface area contributed by atoms with Gasteiger partial charge >= 0.3 is 5.69 Å². The number of benzene rings is 1. The van der Waals surface area contributed by atoms with E-state index >= 15 is 0 Å². The minimum atomic E-state index is -0.571. The number of hydrogen-bond donors (Lipinski definition) is 1. The normalized spacial score (nSPS) is 10.7. The zero-order valence-electron chi connectivity index (χ0n) is 10.4. The van der Waals surface area contributed by atoms with Crippen molar-refractivity contribution in [2.45, 2.75) is 30.4 Å². The van der Waals surface area contributed by atoms with Gasteiger partial charge in [-0.05, 0) is 37.7 Å². The molecule has 7 heteroatoms. The molecule has 0 fully saturated rings. The SMILES string of the molecule is CCn1c(Sc2cccc(F)c2C(C)=O)n[nH]c1=O. The number of carbonyl (C=O) groups is 1. The Morgan fingerprint density at radius 1 is 1.53 bits per heavy atom. The molecule has 19 heavy (non-hydrogen) atoms. The van der Waals surface area contributed by atoms with Gasteiger partial charge in [-0.3, -0.25) is 9.36 Å². The number of aromatic nitrogens is 3. The summed E-state index contributed by atoms with van der Waals surface area (Å²) in [6.45, 7) is 3.56. The van der Waals surface area contributed by atoms with Crippen molar-refractivity contribution in [1.82, 2.24) is 14.8 Å². The van der Waals surface area contributed by atoms with E-state index in [0.717, 1.165) is 11.8 Å². The molecule has 0 saturated heterocycles. The first kappa shape index (κ1) is 13.5. The predicted molar refractivity (Wildman–Crippen MR) is 69.0 cm³/mol. The molecule has 2 aromatic rings. The Kier molecular flexibility index (Phi) is 3.84. The smallest absolute Gasteiger partial charge is 0.294 e. The second-order valence-corrected chi connectivity index (χ2v) is 4.84. The number of Topliss-reactive ketones (excluding diaryl/α,β-unsaturated/α-hetero) is 1. The molecule has 1 aromatic heterocycles. The molecule has 0 spiro atoms. The van der Waals surface area contributed by atoms with Gasteiger partial charge in [-0.2, -0.15) is 0 Å². The van der Waals surface area contributed by atoms with E-state index in [2.05, 4.69) is 10.2 Å². The van der Waals surface area contributed by atoms with Crippen molar-refractivity contribution in [2.75, 3.05) is 0 Å². The van der Waals surface area contributed by atoms with Crippen LogP contribution < -0.4 is 5.69 Å². The molecule has 0 saturated carbocycles. The van der Waals surface area contributed by atoms with Crippen LogP contribution in [0.1, 0.15) is 24.2 Å². The number of rotatable bonds is 4. The van der Waals surface area contributed by atoms with Gasteiger partial charge in [0.15, 0.2) is 10.9 Å². The van der Waals surface area contributed by atoms with Gasteiger partial charge in [0, 0.05) is 11.4 Å². The molecule has 5 nitrogen and oxygen atoms in total. The Balaban J connectivity index is 2.47. The molecule has 0 aliphatic carbocycles. The van der Waals surface area contributed by atoms with Crippen LogP contribution in [0.15, 0.2) is 33.0 Å². The van der Waals surface area contributed by atoms with Gasteiger partial charge in [0.1, 0.15) is 5.82 Å². The average molecular weight is 281 g/mol. The van der Waals surface area contributed by atoms with Gasteiger partial charge in [-0.15, -0.1) is 5.10 Å². The number of H-pyrrole nitrogens is 1. The van der Waals surface area contributed by atoms with E-state index in [0.29, 0.717) is 16.6 Å². The van der Waals surface area contributed by atoms with Crippen LogP contribution >= 0.6 is 11.8 Å². The second-order valence-electron chi connectivity index (χ2n) is 3.83. The summed E-state index contributed by atoms with van der Waals surface area (Å²) in [5.41, 5.74) is -0.309. The van der Waals surface area contributed by atoms with Crippen LogP contribution in [0.2, 0.25) is 0 Å². The van der Waals surface area contributed by atoms with Gasteiger partial charge in [0.2, 0.25) is 0 Å². The van der Waals surface area contributed by atoms with Crippen LogP contribution in [0.3, 0.4) is 0 Å². The van der Waals surface area contributed by atoms with E-state index in [9.17, 15) is 14.0 Å². The highest BCUT2D eigenvalue weighted by atomic mass is 32.2. The maximum absolute atomic E-state index is 13.7. The molecule has 1 aromatic carbocycles. The van der Waals surface area contributed by atoms with Crippen molar-refractivity contribution < 1.29 is 9.18 Å². The van der Waals surface area contributed by atoms with E-state index in [4.69, 9.17) is 0 Å². The Morgan fingerprint density at radius 3 is 2.89 bits per heavy atom. The number of nitrogens with zero attached hydrogens (tertiary/aromatic N) is 2. The highest BCUT2D eigenvalue weighted by Gasteiger charge is 2.16. The van der Waals surface area contributed by atoms with Gasteiger partial charge in [0.05, 0.1) is 5.56 Å². The molecule has 1 heterocycles. The summed E-state index contributed by atoms with van der Waals surface area (Å²) < 4.78 is 15.1. The Hall–Kier alpha value is -1.89. The molecule has 0 atom stereocenters. The third-order valence-corrected chi connectivity index (χ3v) is 3.62. The summed E-state index contributed by atoms with van der Waals surface area (Å²) in [6.07, 6.45) is 0. The summed E-state index contributed by atoms with van der Waals surface area (Å²) in [4.78, 5) is 23.4. The lowest BCUT2D eigenvalue weighted by atomic mass is 10.1. The number of nitrogens with one attached hydrogen (secondary N) is 1. The molecule has 0 unspecified atom stereocenters. The number of hydrogen-bond acceptors (Lipinski definition) is 4. The monoisotopic (exact) mass is 281 g/mol. The van der Waals surface area contributed by atoms with Crippen molar-refractivity contribution in [1.29, 1.82) is 0 Å². The summed E-state index contributed by atoms with van der Waals surface area (Å²) in [5, 5.41) is 6.60. The minimum Gasteiger partial charge on any atom is -0.294 e. The maximum atomic E-state index is 13.7. The molecular formula is C12H12FN3O2S. The molecule has 0 radical (unpaired) electrons. The zero-order valence-corrected chi connectivity index (χ0v) is 11.3. The van der Waals surface area contributed by atoms with Crippen LogP contribution in [0.25, 0.3) is 0 Å². The standard InChI is InChI=1S/C12H12FN3O2S/c1-3-16-11(18)14-15-12(16)19-9-6-4-5-8(13)10(9)7(2)17/h4-6H,3H2,1-2H3,(H,14,18). The quantitative estimate of drug-likeness (QED) is 0.871. The van der Waals surface area contributed by atoms with Crippen LogP contribution in [0.5, 0.6) is 0 Å². The molecule has 100 valence electrons. The van der Waals surface area contributed by atoms with Crippen molar-refractivity contribution in [3.8, 4) is 0 Å². The topological polar surface area (TPSA) is 67.8 Å². The van der Waals surface area contributed by atoms with Crippen LogP contribution in [0, 0.1) is 5.82 Å². The van der Waals surface area contributed by atoms with Crippen molar-refractivity contribution >= 4 is 17.5 Å². The van der Waals surface area contributed by atoms with Crippen molar-refractivity contribution in [3.63, 3.8) is 0 Å². The number of aromatic amines is 1. The molecule has 0 aliphatic rings. The third-order valence-electron chi connectivity index (χ3n) is 2.57. The fourth-order valence-corrected chi connectivity index (χ4v) is 2.79. The largest absolute Gasteiger partial charge is 0.343 e. The van der Waals surface area contributed by atoms with E-state index in [-0.39, 0.29) is 17.0 Å². The number of carbonyl (C=O) groups excluding carboxylic acids is 1. The van der Waals surface area contributed by atoms with Gasteiger partial charge in [-0.1, -0.05) is 6.07 Å². The first-order valence-corrected chi connectivity index (χ1v) is 6.48. The summed E-state index contributed by atoms with van der Waals surface area (Å²) in [7, 11) is 0. The molecular weight excluding hydrogens is 269 g/mol. The number of halogens is 1. The second kappa shape index (κ2) is 5.40. The lowest BCUT2D eigenvalue weighted by Crippen LogP contribution is -2.16. The van der Waals surface area contributed by atoms with Gasteiger partial charge in [0.25, 0.3) is 0 Å². The average Bonchev–Trinajstić information content (AvgIpc) is 2.69. The van der Waals surface area contributed by atoms with E-state index in [1.807, 2.05) is 0 Å². The minimum absolute atomic E-state index is 0.0191. The van der Waals surface area contributed by atoms with Crippen LogP contribution in [0.4, 0.5) is 4.39 Å². The van der Waals surface area contributed by atoms with Crippen LogP contribution in [-0.2, 0) is 6.54 Å². The summed E-state index contributed by atoms with van der Waals surface area (Å²) in [6, 6.07) is 4.38. The first-order valence-electron chi connectivity index (χ1n) is 5.67. The lowest BCUT2D eigenvalue weighted by Gasteiger charge is -2.07. The summed E-state index contributed by atoms with van der Waals surface area (Å²) >= 11 is 1.09. The third kappa shape index (κ3) is 2.60. The predicted octanol–water partition coefficient (Wildman–Crippen LogP) is 2.08. The molecule has 0 bridgehead atoms. The number of ketones is 1. The Bertz CT molecular complexity index is 678. The van der Waals surface area contributed by atoms with Crippen LogP contribution in [-0.4, -0.2) is 20.5 Å². The first-order chi connectivity index (χ1) is 9.04. The Labute approximate surface area is 112 Å². The lowest BCUT2D eigenvalue weighted by molar-refractivity contribution is 0.101. The fourth-order valence-electron chi connectivity index (χ4n) is 1.69. The fraction of sp³-hybridized carbons (Fsp3) is 0.250. The van der Waals surface area contributed by atoms with E-state index in [1.54, 1.807) is 13.0 Å². The van der Waals surface area contributed by atoms with Crippen molar-refractivity contribution in [3.05, 3.63) is 40.1 Å². The van der Waals surface area contributed by atoms with Gasteiger partial charge in [-0.25, -0.2) is 14.3 Å². The maximum Gasteiger partial charge on any atom is 0.343 e. The van der Waals surface area contributed by atoms with Crippen molar-refractivity contribution in [2.24, 2.45) is 0 Å². The van der Waals surface area contributed by atoms with E-state index in [1.165, 1.54) is 23.6 Å².